The molecule has 4 heterocycles. The van der Waals surface area contributed by atoms with Gasteiger partial charge in [0.25, 0.3) is 5.91 Å². The summed E-state index contributed by atoms with van der Waals surface area (Å²) >= 11 is 0. The number of sulfonamides is 1. The molecule has 1 amide bonds. The number of hydrogen-bond donors (Lipinski definition) is 3. The highest BCUT2D eigenvalue weighted by Gasteiger charge is 2.28. The van der Waals surface area contributed by atoms with Gasteiger partial charge >= 0.3 is 0 Å². The summed E-state index contributed by atoms with van der Waals surface area (Å²) in [6, 6.07) is 3.52. The van der Waals surface area contributed by atoms with Crippen molar-refractivity contribution >= 4 is 44.0 Å². The average molecular weight is 570 g/mol. The highest BCUT2D eigenvalue weighted by Crippen LogP contribution is 2.32. The SMILES string of the molecule is Cc1cn2cc(NC(=O)c3ccc(N4CCC(NC5CC5)CC4)c4cn(C)nc34)nc2c(CNS(=O)(=O)CF)n1. The van der Waals surface area contributed by atoms with Gasteiger partial charge in [-0.2, -0.15) is 5.10 Å². The number of carbonyl (C=O) groups is 1. The van der Waals surface area contributed by atoms with E-state index in [0.717, 1.165) is 37.0 Å². The van der Waals surface area contributed by atoms with Crippen molar-refractivity contribution in [2.45, 2.75) is 51.2 Å². The van der Waals surface area contributed by atoms with E-state index in [1.165, 1.54) is 12.8 Å². The largest absolute Gasteiger partial charge is 0.371 e. The van der Waals surface area contributed by atoms with Crippen LogP contribution in [0.2, 0.25) is 0 Å². The molecule has 0 bridgehead atoms. The summed E-state index contributed by atoms with van der Waals surface area (Å²) < 4.78 is 41.4. The number of imidazole rings is 1. The monoisotopic (exact) mass is 569 g/mol. The molecule has 0 unspecified atom stereocenters. The fourth-order valence-corrected chi connectivity index (χ4v) is 5.75. The van der Waals surface area contributed by atoms with Crippen LogP contribution >= 0.6 is 0 Å². The lowest BCUT2D eigenvalue weighted by Gasteiger charge is -2.34. The zero-order valence-electron chi connectivity index (χ0n) is 22.4. The quantitative estimate of drug-likeness (QED) is 0.279. The summed E-state index contributed by atoms with van der Waals surface area (Å²) in [5.41, 5.74) is 3.37. The molecule has 40 heavy (non-hydrogen) atoms. The van der Waals surface area contributed by atoms with E-state index in [0.29, 0.717) is 40.2 Å². The first-order valence-corrected chi connectivity index (χ1v) is 15.0. The maximum absolute atomic E-state index is 13.4. The zero-order chi connectivity index (χ0) is 28.0. The van der Waals surface area contributed by atoms with Gasteiger partial charge < -0.3 is 19.9 Å². The number of aryl methyl sites for hydroxylation is 2. The van der Waals surface area contributed by atoms with Crippen molar-refractivity contribution in [1.82, 2.24) is 34.2 Å². The Morgan fingerprint density at radius 3 is 2.55 bits per heavy atom. The Kier molecular flexibility index (Phi) is 6.92. The number of carbonyl (C=O) groups excluding carboxylic acids is 1. The first-order valence-electron chi connectivity index (χ1n) is 13.4. The summed E-state index contributed by atoms with van der Waals surface area (Å²) in [6.07, 6.45) is 10.0. The molecule has 2 aliphatic rings. The molecule has 1 saturated carbocycles. The van der Waals surface area contributed by atoms with Gasteiger partial charge in [0.05, 0.1) is 29.7 Å². The second kappa shape index (κ2) is 10.4. The Hall–Kier alpha value is -3.62. The molecule has 0 radical (unpaired) electrons. The van der Waals surface area contributed by atoms with Crippen LogP contribution in [-0.4, -0.2) is 69.7 Å². The second-order valence-corrected chi connectivity index (χ2v) is 12.3. The zero-order valence-corrected chi connectivity index (χ0v) is 23.2. The fraction of sp³-hybridized carbons (Fsp3) is 0.462. The van der Waals surface area contributed by atoms with Gasteiger partial charge in [0.1, 0.15) is 5.52 Å². The Morgan fingerprint density at radius 1 is 1.07 bits per heavy atom. The van der Waals surface area contributed by atoms with Gasteiger partial charge in [0, 0.05) is 55.7 Å². The van der Waals surface area contributed by atoms with Crippen LogP contribution in [0.3, 0.4) is 0 Å². The average Bonchev–Trinajstić information content (AvgIpc) is 3.51. The number of benzene rings is 1. The minimum absolute atomic E-state index is 0.230. The van der Waals surface area contributed by atoms with E-state index in [4.69, 9.17) is 0 Å². The maximum Gasteiger partial charge on any atom is 0.259 e. The molecule has 1 aliphatic carbocycles. The lowest BCUT2D eigenvalue weighted by Crippen LogP contribution is -2.43. The van der Waals surface area contributed by atoms with Crippen molar-refractivity contribution in [3.05, 3.63) is 47.7 Å². The predicted octanol–water partition coefficient (Wildman–Crippen LogP) is 2.24. The standard InChI is InChI=1S/C26H32FN9O3S/c1-16-12-36-14-23(31-25(36)21(29-16)11-28-40(38,39)15-27)32-26(37)19-5-6-22(20-13-34(2)33-24(19)20)35-9-7-18(8-10-35)30-17-3-4-17/h5-6,12-14,17-18,28,30H,3-4,7-11,15H2,1-2H3,(H,32,37). The minimum atomic E-state index is -4.06. The molecule has 6 rings (SSSR count). The number of nitrogens with one attached hydrogen (secondary N) is 3. The van der Waals surface area contributed by atoms with Gasteiger partial charge in [0.2, 0.25) is 16.0 Å². The summed E-state index contributed by atoms with van der Waals surface area (Å²) in [7, 11) is -2.22. The molecule has 212 valence electrons. The van der Waals surface area contributed by atoms with Gasteiger partial charge in [-0.1, -0.05) is 0 Å². The van der Waals surface area contributed by atoms with Crippen LogP contribution in [0.1, 0.15) is 47.4 Å². The van der Waals surface area contributed by atoms with Crippen LogP contribution < -0.4 is 20.3 Å². The number of halogens is 1. The number of rotatable bonds is 9. The fourth-order valence-electron chi connectivity index (χ4n) is 5.31. The van der Waals surface area contributed by atoms with Gasteiger partial charge in [-0.15, -0.1) is 0 Å². The Morgan fingerprint density at radius 2 is 1.82 bits per heavy atom. The van der Waals surface area contributed by atoms with Crippen molar-refractivity contribution in [3.8, 4) is 0 Å². The Balaban J connectivity index is 1.23. The first-order chi connectivity index (χ1) is 19.2. The van der Waals surface area contributed by atoms with E-state index < -0.39 is 16.0 Å². The molecule has 1 saturated heterocycles. The third-order valence-corrected chi connectivity index (χ3v) is 8.24. The van der Waals surface area contributed by atoms with Gasteiger partial charge in [-0.25, -0.2) is 22.5 Å². The van der Waals surface area contributed by atoms with Crippen molar-refractivity contribution in [1.29, 1.82) is 0 Å². The number of piperidine rings is 1. The molecular formula is C26H32FN9O3S. The van der Waals surface area contributed by atoms with E-state index in [9.17, 15) is 17.6 Å². The van der Waals surface area contributed by atoms with E-state index in [-0.39, 0.29) is 18.3 Å². The highest BCUT2D eigenvalue weighted by atomic mass is 32.2. The van der Waals surface area contributed by atoms with Crippen molar-refractivity contribution in [2.75, 3.05) is 29.3 Å². The maximum atomic E-state index is 13.4. The van der Waals surface area contributed by atoms with Crippen molar-refractivity contribution < 1.29 is 17.6 Å². The third-order valence-electron chi connectivity index (χ3n) is 7.37. The molecule has 12 nitrogen and oxygen atoms in total. The number of aromatic nitrogens is 5. The molecule has 14 heteroatoms. The molecule has 0 atom stereocenters. The molecule has 4 aromatic rings. The van der Waals surface area contributed by atoms with Crippen molar-refractivity contribution in [2.24, 2.45) is 7.05 Å². The van der Waals surface area contributed by atoms with Crippen LogP contribution in [0.15, 0.2) is 30.7 Å². The van der Waals surface area contributed by atoms with Crippen molar-refractivity contribution in [3.63, 3.8) is 0 Å². The lowest BCUT2D eigenvalue weighted by atomic mass is 10.0. The molecule has 0 spiro atoms. The lowest BCUT2D eigenvalue weighted by molar-refractivity contribution is 0.102. The van der Waals surface area contributed by atoms with Crippen LogP contribution in [0.4, 0.5) is 15.9 Å². The van der Waals surface area contributed by atoms with E-state index in [2.05, 4.69) is 35.3 Å². The normalized spacial score (nSPS) is 16.7. The predicted molar refractivity (Wildman–Crippen MR) is 150 cm³/mol. The molecule has 1 aliphatic heterocycles. The Bertz CT molecular complexity index is 1690. The molecule has 2 fully saturated rings. The molecular weight excluding hydrogens is 537 g/mol. The van der Waals surface area contributed by atoms with Crippen LogP contribution in [0, 0.1) is 6.92 Å². The smallest absolute Gasteiger partial charge is 0.259 e. The van der Waals surface area contributed by atoms with E-state index in [1.54, 1.807) is 34.5 Å². The molecule has 1 aromatic carbocycles. The number of nitrogens with zero attached hydrogens (tertiary/aromatic N) is 6. The van der Waals surface area contributed by atoms with Gasteiger partial charge in [-0.3, -0.25) is 14.5 Å². The topological polar surface area (TPSA) is 139 Å². The number of anilines is 2. The summed E-state index contributed by atoms with van der Waals surface area (Å²) in [5.74, 6) is -0.0965. The number of hydrogen-bond acceptors (Lipinski definition) is 8. The number of alkyl halides is 1. The van der Waals surface area contributed by atoms with E-state index in [1.807, 2.05) is 19.3 Å². The van der Waals surface area contributed by atoms with Crippen LogP contribution in [0.25, 0.3) is 16.6 Å². The molecule has 3 aromatic heterocycles. The second-order valence-electron chi connectivity index (χ2n) is 10.6. The summed E-state index contributed by atoms with van der Waals surface area (Å²) in [6.45, 7) is 3.40. The number of amides is 1. The van der Waals surface area contributed by atoms with Crippen LogP contribution in [-0.2, 0) is 23.6 Å². The summed E-state index contributed by atoms with van der Waals surface area (Å²) in [4.78, 5) is 24.6. The van der Waals surface area contributed by atoms with Gasteiger partial charge in [-0.05, 0) is 44.7 Å². The van der Waals surface area contributed by atoms with Gasteiger partial charge in [0.15, 0.2) is 11.5 Å². The highest BCUT2D eigenvalue weighted by molar-refractivity contribution is 7.89. The summed E-state index contributed by atoms with van der Waals surface area (Å²) in [5, 5.41) is 12.1. The molecule has 3 N–H and O–H groups in total. The first kappa shape index (κ1) is 26.6. The van der Waals surface area contributed by atoms with E-state index >= 15 is 0 Å². The number of fused-ring (bicyclic) bond motifs is 2. The Labute approximate surface area is 231 Å². The third kappa shape index (κ3) is 5.51. The van der Waals surface area contributed by atoms with Crippen LogP contribution in [0.5, 0.6) is 0 Å². The minimum Gasteiger partial charge on any atom is -0.371 e.